The van der Waals surface area contributed by atoms with Gasteiger partial charge in [-0.15, -0.1) is 0 Å². The normalized spacial score (nSPS) is 12.8. The van der Waals surface area contributed by atoms with Crippen LogP contribution in [-0.2, 0) is 0 Å². The second kappa shape index (κ2) is 3.48. The van der Waals surface area contributed by atoms with E-state index in [0.29, 0.717) is 6.79 Å². The van der Waals surface area contributed by atoms with Gasteiger partial charge in [-0.3, -0.25) is 0 Å². The van der Waals surface area contributed by atoms with Crippen LogP contribution in [0.4, 0.5) is 0 Å². The molecule has 0 saturated carbocycles. The molecule has 0 unspecified atom stereocenters. The molecule has 1 aromatic carbocycles. The molecular weight excluding hydrogens is 204 g/mol. The van der Waals surface area contributed by atoms with E-state index in [0.717, 1.165) is 28.5 Å². The molecule has 1 aromatic heterocycles. The maximum absolute atomic E-state index is 5.33. The summed E-state index contributed by atoms with van der Waals surface area (Å²) in [7, 11) is 0. The molecule has 0 amide bonds. The van der Waals surface area contributed by atoms with Gasteiger partial charge in [-0.25, -0.2) is 9.97 Å². The Balaban J connectivity index is 2.07. The van der Waals surface area contributed by atoms with Gasteiger partial charge in [-0.1, -0.05) is 0 Å². The van der Waals surface area contributed by atoms with Gasteiger partial charge in [0.25, 0.3) is 0 Å². The number of benzene rings is 1. The van der Waals surface area contributed by atoms with Crippen molar-refractivity contribution in [2.45, 2.75) is 6.92 Å². The molecule has 2 aromatic rings. The van der Waals surface area contributed by atoms with E-state index in [1.54, 1.807) is 6.33 Å². The van der Waals surface area contributed by atoms with E-state index in [9.17, 15) is 0 Å². The van der Waals surface area contributed by atoms with Gasteiger partial charge in [0.05, 0.1) is 5.69 Å². The second-order valence-electron chi connectivity index (χ2n) is 3.61. The number of aromatic nitrogens is 2. The molecule has 16 heavy (non-hydrogen) atoms. The quantitative estimate of drug-likeness (QED) is 0.729. The molecule has 0 spiro atoms. The first-order valence-electron chi connectivity index (χ1n) is 5.01. The lowest BCUT2D eigenvalue weighted by Gasteiger charge is -2.02. The molecule has 4 nitrogen and oxygen atoms in total. The minimum absolute atomic E-state index is 0.293. The Hall–Kier alpha value is -2.10. The van der Waals surface area contributed by atoms with E-state index in [2.05, 4.69) is 9.97 Å². The molecule has 4 heteroatoms. The van der Waals surface area contributed by atoms with Gasteiger partial charge >= 0.3 is 0 Å². The summed E-state index contributed by atoms with van der Waals surface area (Å²) in [6.07, 6.45) is 1.56. The number of rotatable bonds is 1. The highest BCUT2D eigenvalue weighted by Gasteiger charge is 2.14. The molecule has 0 radical (unpaired) electrons. The van der Waals surface area contributed by atoms with Gasteiger partial charge in [0, 0.05) is 11.3 Å². The Morgan fingerprint density at radius 3 is 2.81 bits per heavy atom. The van der Waals surface area contributed by atoms with Crippen LogP contribution in [0.2, 0.25) is 0 Å². The molecule has 3 rings (SSSR count). The number of ether oxygens (including phenoxy) is 2. The first-order chi connectivity index (χ1) is 7.83. The lowest BCUT2D eigenvalue weighted by atomic mass is 10.1. The minimum atomic E-state index is 0.293. The zero-order chi connectivity index (χ0) is 11.0. The van der Waals surface area contributed by atoms with Crippen molar-refractivity contribution in [1.29, 1.82) is 0 Å². The highest BCUT2D eigenvalue weighted by molar-refractivity contribution is 5.64. The SMILES string of the molecule is Cc1cc(-c2ccc3c(c2)OCO3)ncn1. The highest BCUT2D eigenvalue weighted by atomic mass is 16.7. The maximum atomic E-state index is 5.33. The number of hydrogen-bond acceptors (Lipinski definition) is 4. The first kappa shape index (κ1) is 9.15. The molecule has 2 heterocycles. The van der Waals surface area contributed by atoms with E-state index in [1.165, 1.54) is 0 Å². The maximum Gasteiger partial charge on any atom is 0.231 e. The van der Waals surface area contributed by atoms with Crippen LogP contribution in [0.5, 0.6) is 11.5 Å². The zero-order valence-electron chi connectivity index (χ0n) is 8.80. The fourth-order valence-electron chi connectivity index (χ4n) is 1.67. The van der Waals surface area contributed by atoms with Gasteiger partial charge in [-0.2, -0.15) is 0 Å². The summed E-state index contributed by atoms with van der Waals surface area (Å²) in [5.41, 5.74) is 2.85. The van der Waals surface area contributed by atoms with Crippen LogP contribution in [0.3, 0.4) is 0 Å². The van der Waals surface area contributed by atoms with Crippen LogP contribution in [0.25, 0.3) is 11.3 Å². The van der Waals surface area contributed by atoms with Gasteiger partial charge in [0.1, 0.15) is 6.33 Å². The summed E-state index contributed by atoms with van der Waals surface area (Å²) < 4.78 is 10.6. The van der Waals surface area contributed by atoms with E-state index in [1.807, 2.05) is 31.2 Å². The van der Waals surface area contributed by atoms with Crippen molar-refractivity contribution in [3.8, 4) is 22.8 Å². The molecule has 0 saturated heterocycles. The van der Waals surface area contributed by atoms with E-state index in [4.69, 9.17) is 9.47 Å². The van der Waals surface area contributed by atoms with Crippen LogP contribution in [0, 0.1) is 6.92 Å². The monoisotopic (exact) mass is 214 g/mol. The average Bonchev–Trinajstić information content (AvgIpc) is 2.75. The molecule has 1 aliphatic heterocycles. The van der Waals surface area contributed by atoms with Crippen LogP contribution in [0.1, 0.15) is 5.69 Å². The topological polar surface area (TPSA) is 44.2 Å². The summed E-state index contributed by atoms with van der Waals surface area (Å²) in [6.45, 7) is 2.24. The lowest BCUT2D eigenvalue weighted by Crippen LogP contribution is -1.92. The summed E-state index contributed by atoms with van der Waals surface area (Å²) in [5.74, 6) is 1.56. The molecule has 0 fully saturated rings. The van der Waals surface area contributed by atoms with Crippen molar-refractivity contribution < 1.29 is 9.47 Å². The van der Waals surface area contributed by atoms with Crippen molar-refractivity contribution >= 4 is 0 Å². The molecule has 80 valence electrons. The smallest absolute Gasteiger partial charge is 0.231 e. The van der Waals surface area contributed by atoms with Gasteiger partial charge in [0.2, 0.25) is 6.79 Å². The highest BCUT2D eigenvalue weighted by Crippen LogP contribution is 2.35. The van der Waals surface area contributed by atoms with Crippen molar-refractivity contribution in [2.75, 3.05) is 6.79 Å². The number of hydrogen-bond donors (Lipinski definition) is 0. The van der Waals surface area contributed by atoms with E-state index < -0.39 is 0 Å². The van der Waals surface area contributed by atoms with Crippen LogP contribution in [0.15, 0.2) is 30.6 Å². The minimum Gasteiger partial charge on any atom is -0.454 e. The molecule has 1 aliphatic rings. The predicted molar refractivity (Wildman–Crippen MR) is 58.3 cm³/mol. The van der Waals surface area contributed by atoms with Crippen molar-refractivity contribution in [3.05, 3.63) is 36.3 Å². The third-order valence-corrected chi connectivity index (χ3v) is 2.47. The van der Waals surface area contributed by atoms with Crippen LogP contribution in [-0.4, -0.2) is 16.8 Å². The first-order valence-corrected chi connectivity index (χ1v) is 5.01. The third kappa shape index (κ3) is 1.48. The van der Waals surface area contributed by atoms with E-state index >= 15 is 0 Å². The van der Waals surface area contributed by atoms with Gasteiger partial charge in [0.15, 0.2) is 11.5 Å². The number of nitrogens with zero attached hydrogens (tertiary/aromatic N) is 2. The molecular formula is C12H10N2O2. The molecule has 0 N–H and O–H groups in total. The predicted octanol–water partition coefficient (Wildman–Crippen LogP) is 2.18. The number of aryl methyl sites for hydroxylation is 1. The van der Waals surface area contributed by atoms with Gasteiger partial charge < -0.3 is 9.47 Å². The molecule has 0 atom stereocenters. The summed E-state index contributed by atoms with van der Waals surface area (Å²) in [4.78, 5) is 8.30. The Labute approximate surface area is 92.9 Å². The van der Waals surface area contributed by atoms with Crippen molar-refractivity contribution in [2.24, 2.45) is 0 Å². The fourth-order valence-corrected chi connectivity index (χ4v) is 1.67. The Kier molecular flexibility index (Phi) is 1.99. The van der Waals surface area contributed by atoms with Crippen LogP contribution < -0.4 is 9.47 Å². The Bertz CT molecular complexity index is 540. The Morgan fingerprint density at radius 2 is 1.94 bits per heavy atom. The van der Waals surface area contributed by atoms with Crippen LogP contribution >= 0.6 is 0 Å². The standard InChI is InChI=1S/C12H10N2O2/c1-8-4-10(14-6-13-8)9-2-3-11-12(5-9)16-7-15-11/h2-6H,7H2,1H3. The lowest BCUT2D eigenvalue weighted by molar-refractivity contribution is 0.174. The van der Waals surface area contributed by atoms with Gasteiger partial charge in [-0.05, 0) is 31.2 Å². The average molecular weight is 214 g/mol. The Morgan fingerprint density at radius 1 is 1.06 bits per heavy atom. The summed E-state index contributed by atoms with van der Waals surface area (Å²) in [5, 5.41) is 0. The fraction of sp³-hybridized carbons (Fsp3) is 0.167. The van der Waals surface area contributed by atoms with Crippen molar-refractivity contribution in [1.82, 2.24) is 9.97 Å². The van der Waals surface area contributed by atoms with Crippen molar-refractivity contribution in [3.63, 3.8) is 0 Å². The zero-order valence-corrected chi connectivity index (χ0v) is 8.80. The second-order valence-corrected chi connectivity index (χ2v) is 3.61. The van der Waals surface area contributed by atoms with E-state index in [-0.39, 0.29) is 0 Å². The number of fused-ring (bicyclic) bond motifs is 1. The largest absolute Gasteiger partial charge is 0.454 e. The summed E-state index contributed by atoms with van der Waals surface area (Å²) >= 11 is 0. The summed E-state index contributed by atoms with van der Waals surface area (Å²) in [6, 6.07) is 7.74. The molecule has 0 aliphatic carbocycles. The molecule has 0 bridgehead atoms. The third-order valence-electron chi connectivity index (χ3n) is 2.47.